The van der Waals surface area contributed by atoms with Crippen molar-refractivity contribution in [2.45, 2.75) is 43.5 Å². The first-order valence-electron chi connectivity index (χ1n) is 8.71. The maximum Gasteiger partial charge on any atom is 0.315 e. The van der Waals surface area contributed by atoms with Gasteiger partial charge >= 0.3 is 6.03 Å². The van der Waals surface area contributed by atoms with Crippen LogP contribution in [-0.4, -0.2) is 35.7 Å². The van der Waals surface area contributed by atoms with Gasteiger partial charge in [-0.15, -0.1) is 11.8 Å². The van der Waals surface area contributed by atoms with Gasteiger partial charge < -0.3 is 16.0 Å². The van der Waals surface area contributed by atoms with Crippen LogP contribution in [0.3, 0.4) is 0 Å². The highest BCUT2D eigenvalue weighted by Gasteiger charge is 2.38. The van der Waals surface area contributed by atoms with Gasteiger partial charge in [0.05, 0.1) is 11.1 Å². The molecule has 130 valence electrons. The van der Waals surface area contributed by atoms with Crippen LogP contribution in [0.2, 0.25) is 0 Å². The molecule has 1 aromatic rings. The van der Waals surface area contributed by atoms with Crippen LogP contribution in [0.5, 0.6) is 0 Å². The van der Waals surface area contributed by atoms with E-state index in [0.29, 0.717) is 18.2 Å². The third-order valence-corrected chi connectivity index (χ3v) is 6.03. The minimum absolute atomic E-state index is 0.0380. The molecule has 0 spiro atoms. The maximum absolute atomic E-state index is 12.1. The highest BCUT2D eigenvalue weighted by atomic mass is 32.2. The summed E-state index contributed by atoms with van der Waals surface area (Å²) in [5.41, 5.74) is 1.22. The molecule has 1 heterocycles. The predicted molar refractivity (Wildman–Crippen MR) is 96.8 cm³/mol. The number of benzene rings is 1. The van der Waals surface area contributed by atoms with Crippen LogP contribution in [0.25, 0.3) is 0 Å². The van der Waals surface area contributed by atoms with Crippen molar-refractivity contribution in [3.8, 4) is 0 Å². The Kier molecular flexibility index (Phi) is 6.01. The quantitative estimate of drug-likeness (QED) is 0.739. The van der Waals surface area contributed by atoms with Crippen molar-refractivity contribution in [1.29, 1.82) is 0 Å². The number of carbonyl (C=O) groups is 2. The van der Waals surface area contributed by atoms with Gasteiger partial charge in [-0.3, -0.25) is 4.79 Å². The highest BCUT2D eigenvalue weighted by molar-refractivity contribution is 8.00. The largest absolute Gasteiger partial charge is 0.355 e. The molecule has 1 saturated carbocycles. The van der Waals surface area contributed by atoms with Gasteiger partial charge in [-0.2, -0.15) is 0 Å². The molecule has 1 saturated heterocycles. The van der Waals surface area contributed by atoms with E-state index in [1.165, 1.54) is 18.4 Å². The molecule has 6 heteroatoms. The summed E-state index contributed by atoms with van der Waals surface area (Å²) in [7, 11) is 0. The Morgan fingerprint density at radius 3 is 2.79 bits per heavy atom. The second kappa shape index (κ2) is 8.42. The van der Waals surface area contributed by atoms with E-state index in [1.807, 2.05) is 18.2 Å². The monoisotopic (exact) mass is 347 g/mol. The van der Waals surface area contributed by atoms with Crippen molar-refractivity contribution in [2.24, 2.45) is 5.92 Å². The predicted octanol–water partition coefficient (Wildman–Crippen LogP) is 2.28. The number of nitrogens with one attached hydrogen (secondary N) is 3. The smallest absolute Gasteiger partial charge is 0.315 e. The molecule has 3 unspecified atom stereocenters. The van der Waals surface area contributed by atoms with E-state index in [4.69, 9.17) is 0 Å². The van der Waals surface area contributed by atoms with Crippen LogP contribution in [-0.2, 0) is 11.2 Å². The Morgan fingerprint density at radius 2 is 1.96 bits per heavy atom. The summed E-state index contributed by atoms with van der Waals surface area (Å²) in [5.74, 6) is 0.859. The zero-order chi connectivity index (χ0) is 16.8. The lowest BCUT2D eigenvalue weighted by Gasteiger charge is -2.41. The normalized spacial score (nSPS) is 26.0. The lowest BCUT2D eigenvalue weighted by atomic mass is 9.83. The Morgan fingerprint density at radius 1 is 1.17 bits per heavy atom. The molecule has 2 aliphatic rings. The van der Waals surface area contributed by atoms with Crippen molar-refractivity contribution < 1.29 is 9.59 Å². The third kappa shape index (κ3) is 4.66. The van der Waals surface area contributed by atoms with E-state index in [1.54, 1.807) is 11.8 Å². The lowest BCUT2D eigenvalue weighted by Crippen LogP contribution is -2.60. The minimum Gasteiger partial charge on any atom is -0.355 e. The number of thioether (sulfide) groups is 1. The summed E-state index contributed by atoms with van der Waals surface area (Å²) in [4.78, 5) is 23.8. The Balaban J connectivity index is 1.41. The summed E-state index contributed by atoms with van der Waals surface area (Å²) in [6.45, 7) is 0.647. The zero-order valence-electron chi connectivity index (χ0n) is 13.8. The second-order valence-electron chi connectivity index (χ2n) is 6.49. The van der Waals surface area contributed by atoms with Crippen molar-refractivity contribution in [2.75, 3.05) is 12.3 Å². The number of fused-ring (bicyclic) bond motifs is 1. The first-order chi connectivity index (χ1) is 11.7. The minimum atomic E-state index is -0.0971. The van der Waals surface area contributed by atoms with Gasteiger partial charge in [-0.25, -0.2) is 4.79 Å². The number of urea groups is 1. The van der Waals surface area contributed by atoms with E-state index in [0.717, 1.165) is 19.3 Å². The summed E-state index contributed by atoms with van der Waals surface area (Å²) < 4.78 is 0. The molecular formula is C18H25N3O2S. The summed E-state index contributed by atoms with van der Waals surface area (Å²) in [5, 5.41) is 9.02. The molecule has 0 aromatic heterocycles. The van der Waals surface area contributed by atoms with E-state index >= 15 is 0 Å². The Labute approximate surface area is 147 Å². The highest BCUT2D eigenvalue weighted by Crippen LogP contribution is 2.33. The van der Waals surface area contributed by atoms with Crippen LogP contribution in [0.15, 0.2) is 30.3 Å². The molecule has 3 atom stereocenters. The van der Waals surface area contributed by atoms with Gasteiger partial charge in [-0.05, 0) is 24.8 Å². The van der Waals surface area contributed by atoms with Gasteiger partial charge in [0.15, 0.2) is 0 Å². The topological polar surface area (TPSA) is 70.2 Å². The first-order valence-corrected chi connectivity index (χ1v) is 9.76. The molecule has 1 aliphatic carbocycles. The van der Waals surface area contributed by atoms with E-state index in [-0.39, 0.29) is 23.4 Å². The van der Waals surface area contributed by atoms with E-state index < -0.39 is 0 Å². The fourth-order valence-corrected chi connectivity index (χ4v) is 4.72. The van der Waals surface area contributed by atoms with E-state index in [9.17, 15) is 9.59 Å². The Hall–Kier alpha value is -1.69. The molecule has 5 nitrogen and oxygen atoms in total. The van der Waals surface area contributed by atoms with Crippen LogP contribution in [0.1, 0.15) is 31.2 Å². The molecule has 3 N–H and O–H groups in total. The standard InChI is InChI=1S/C18H25N3O2S/c22-16(19-11-10-13-6-2-1-3-7-13)12-24-17-14-8-4-5-9-15(14)20-18(23)21-17/h1-3,6-7,14-15,17H,4-5,8-12H2,(H,19,22)(H2,20,21,23). The van der Waals surface area contributed by atoms with Crippen LogP contribution in [0, 0.1) is 5.92 Å². The van der Waals surface area contributed by atoms with Crippen LogP contribution in [0.4, 0.5) is 4.79 Å². The molecule has 0 bridgehead atoms. The summed E-state index contributed by atoms with van der Waals surface area (Å²) in [6, 6.07) is 10.3. The number of hydrogen-bond acceptors (Lipinski definition) is 3. The van der Waals surface area contributed by atoms with E-state index in [2.05, 4.69) is 28.1 Å². The number of hydrogen-bond donors (Lipinski definition) is 3. The molecule has 0 radical (unpaired) electrons. The molecule has 24 heavy (non-hydrogen) atoms. The molecule has 1 aromatic carbocycles. The van der Waals surface area contributed by atoms with Crippen LogP contribution >= 0.6 is 11.8 Å². The molecule has 1 aliphatic heterocycles. The molecule has 3 amide bonds. The van der Waals surface area contributed by atoms with Crippen molar-refractivity contribution in [3.63, 3.8) is 0 Å². The van der Waals surface area contributed by atoms with Crippen molar-refractivity contribution in [3.05, 3.63) is 35.9 Å². The van der Waals surface area contributed by atoms with Gasteiger partial charge in [-0.1, -0.05) is 43.2 Å². The van der Waals surface area contributed by atoms with Crippen molar-refractivity contribution in [1.82, 2.24) is 16.0 Å². The molecule has 3 rings (SSSR count). The average Bonchev–Trinajstić information content (AvgIpc) is 2.60. The lowest BCUT2D eigenvalue weighted by molar-refractivity contribution is -0.118. The third-order valence-electron chi connectivity index (χ3n) is 4.77. The van der Waals surface area contributed by atoms with Gasteiger partial charge in [0.2, 0.25) is 5.91 Å². The zero-order valence-corrected chi connectivity index (χ0v) is 14.6. The number of amides is 3. The maximum atomic E-state index is 12.1. The second-order valence-corrected chi connectivity index (χ2v) is 7.62. The number of carbonyl (C=O) groups excluding carboxylic acids is 2. The molecule has 2 fully saturated rings. The number of rotatable bonds is 6. The fourth-order valence-electron chi connectivity index (χ4n) is 3.52. The van der Waals surface area contributed by atoms with Crippen LogP contribution < -0.4 is 16.0 Å². The summed E-state index contributed by atoms with van der Waals surface area (Å²) in [6.07, 6.45) is 5.40. The molecular weight excluding hydrogens is 322 g/mol. The first kappa shape index (κ1) is 17.1. The fraction of sp³-hybridized carbons (Fsp3) is 0.556. The van der Waals surface area contributed by atoms with Gasteiger partial charge in [0.1, 0.15) is 0 Å². The van der Waals surface area contributed by atoms with Crippen molar-refractivity contribution >= 4 is 23.7 Å². The SMILES string of the molecule is O=C(CSC1NC(=O)NC2CCCCC21)NCCc1ccccc1. The average molecular weight is 347 g/mol. The summed E-state index contributed by atoms with van der Waals surface area (Å²) >= 11 is 1.56. The Bertz CT molecular complexity index is 567. The van der Waals surface area contributed by atoms with Gasteiger partial charge in [0.25, 0.3) is 0 Å². The van der Waals surface area contributed by atoms with Gasteiger partial charge in [0, 0.05) is 18.5 Å².